The zero-order valence-electron chi connectivity index (χ0n) is 8.02. The molecule has 0 aliphatic carbocycles. The van der Waals surface area contributed by atoms with Gasteiger partial charge in [-0.25, -0.2) is 0 Å². The van der Waals surface area contributed by atoms with Crippen LogP contribution in [0.3, 0.4) is 0 Å². The first-order chi connectivity index (χ1) is 6.34. The lowest BCUT2D eigenvalue weighted by Crippen LogP contribution is -2.32. The minimum atomic E-state index is 0.626. The Morgan fingerprint density at radius 2 is 2.54 bits per heavy atom. The van der Waals surface area contributed by atoms with Crippen molar-refractivity contribution in [2.24, 2.45) is 5.11 Å². The normalized spacial score (nSPS) is 21.8. The second-order valence-corrected chi connectivity index (χ2v) is 4.46. The van der Waals surface area contributed by atoms with Gasteiger partial charge in [0.05, 0.1) is 0 Å². The highest BCUT2D eigenvalue weighted by molar-refractivity contribution is 7.99. The van der Waals surface area contributed by atoms with Gasteiger partial charge in [0, 0.05) is 23.3 Å². The van der Waals surface area contributed by atoms with Crippen molar-refractivity contribution in [3.63, 3.8) is 0 Å². The lowest BCUT2D eigenvalue weighted by molar-refractivity contribution is 0.261. The van der Waals surface area contributed by atoms with Crippen LogP contribution in [0.25, 0.3) is 10.4 Å². The van der Waals surface area contributed by atoms with E-state index in [1.165, 1.54) is 17.9 Å². The third-order valence-electron chi connectivity index (χ3n) is 2.36. The van der Waals surface area contributed by atoms with Gasteiger partial charge in [0.25, 0.3) is 0 Å². The average Bonchev–Trinajstić information content (AvgIpc) is 2.65. The number of thioether (sulfide) groups is 1. The van der Waals surface area contributed by atoms with Crippen molar-refractivity contribution < 1.29 is 0 Å². The molecule has 74 valence electrons. The van der Waals surface area contributed by atoms with Gasteiger partial charge in [0.1, 0.15) is 0 Å². The molecule has 4 nitrogen and oxygen atoms in total. The van der Waals surface area contributed by atoms with Crippen molar-refractivity contribution in [1.82, 2.24) is 4.90 Å². The van der Waals surface area contributed by atoms with Crippen LogP contribution in [0.15, 0.2) is 5.11 Å². The Balaban J connectivity index is 2.09. The molecule has 0 amide bonds. The van der Waals surface area contributed by atoms with Crippen LogP contribution in [0.1, 0.15) is 12.8 Å². The summed E-state index contributed by atoms with van der Waals surface area (Å²) in [6.45, 7) is 1.67. The zero-order valence-corrected chi connectivity index (χ0v) is 8.83. The van der Waals surface area contributed by atoms with Gasteiger partial charge in [-0.3, -0.25) is 0 Å². The summed E-state index contributed by atoms with van der Waals surface area (Å²) in [6, 6.07) is 0.746. The number of hydrogen-bond acceptors (Lipinski definition) is 3. The number of rotatable bonds is 5. The molecule has 0 aromatic carbocycles. The minimum absolute atomic E-state index is 0.626. The Kier molecular flexibility index (Phi) is 5.05. The molecule has 1 saturated heterocycles. The van der Waals surface area contributed by atoms with E-state index in [4.69, 9.17) is 5.53 Å². The maximum absolute atomic E-state index is 8.08. The molecule has 0 aromatic rings. The van der Waals surface area contributed by atoms with E-state index in [0.717, 1.165) is 19.0 Å². The van der Waals surface area contributed by atoms with Crippen LogP contribution in [0, 0.1) is 0 Å². The van der Waals surface area contributed by atoms with Crippen molar-refractivity contribution in [1.29, 1.82) is 0 Å². The third-order valence-corrected chi connectivity index (χ3v) is 3.51. The first-order valence-electron chi connectivity index (χ1n) is 4.63. The molecule has 0 N–H and O–H groups in total. The predicted octanol–water partition coefficient (Wildman–Crippen LogP) is 2.12. The standard InChI is InChI=1S/C8H16N4S/c1-12(5-2-4-10-11-9)8-3-6-13-7-8/h8H,2-7H2,1H3. The van der Waals surface area contributed by atoms with Crippen LogP contribution >= 0.6 is 11.8 Å². The Labute approximate surface area is 83.3 Å². The topological polar surface area (TPSA) is 52.0 Å². The molecule has 1 unspecified atom stereocenters. The molecular weight excluding hydrogens is 184 g/mol. The lowest BCUT2D eigenvalue weighted by Gasteiger charge is -2.22. The van der Waals surface area contributed by atoms with Crippen molar-refractivity contribution >= 4 is 11.8 Å². The molecule has 0 aromatic heterocycles. The number of azide groups is 1. The molecule has 0 radical (unpaired) electrons. The molecule has 0 bridgehead atoms. The summed E-state index contributed by atoms with van der Waals surface area (Å²) >= 11 is 2.03. The maximum atomic E-state index is 8.08. The van der Waals surface area contributed by atoms with Gasteiger partial charge in [-0.15, -0.1) is 0 Å². The van der Waals surface area contributed by atoms with Crippen LogP contribution < -0.4 is 0 Å². The second kappa shape index (κ2) is 6.13. The van der Waals surface area contributed by atoms with Gasteiger partial charge in [0.15, 0.2) is 0 Å². The predicted molar refractivity (Wildman–Crippen MR) is 57.0 cm³/mol. The van der Waals surface area contributed by atoms with Crippen LogP contribution in [-0.2, 0) is 0 Å². The van der Waals surface area contributed by atoms with E-state index < -0.39 is 0 Å². The second-order valence-electron chi connectivity index (χ2n) is 3.31. The highest BCUT2D eigenvalue weighted by atomic mass is 32.2. The van der Waals surface area contributed by atoms with Crippen molar-refractivity contribution in [3.05, 3.63) is 10.4 Å². The van der Waals surface area contributed by atoms with Gasteiger partial charge < -0.3 is 4.90 Å². The quantitative estimate of drug-likeness (QED) is 0.295. The van der Waals surface area contributed by atoms with E-state index in [9.17, 15) is 0 Å². The molecule has 1 heterocycles. The third kappa shape index (κ3) is 3.89. The zero-order chi connectivity index (χ0) is 9.52. The largest absolute Gasteiger partial charge is 0.303 e. The highest BCUT2D eigenvalue weighted by Gasteiger charge is 2.18. The van der Waals surface area contributed by atoms with Gasteiger partial charge in [0.2, 0.25) is 0 Å². The average molecular weight is 200 g/mol. The summed E-state index contributed by atoms with van der Waals surface area (Å²) in [6.07, 6.45) is 2.28. The fourth-order valence-corrected chi connectivity index (χ4v) is 2.79. The van der Waals surface area contributed by atoms with Crippen LogP contribution in [0.4, 0.5) is 0 Å². The van der Waals surface area contributed by atoms with E-state index >= 15 is 0 Å². The van der Waals surface area contributed by atoms with Gasteiger partial charge in [-0.05, 0) is 37.7 Å². The summed E-state index contributed by atoms with van der Waals surface area (Å²) in [5, 5.41) is 3.52. The van der Waals surface area contributed by atoms with E-state index in [1.807, 2.05) is 11.8 Å². The summed E-state index contributed by atoms with van der Waals surface area (Å²) < 4.78 is 0. The fraction of sp³-hybridized carbons (Fsp3) is 1.00. The highest BCUT2D eigenvalue weighted by Crippen LogP contribution is 2.21. The molecule has 1 aliphatic rings. The Hall–Kier alpha value is -0.380. The van der Waals surface area contributed by atoms with Crippen molar-refractivity contribution in [2.75, 3.05) is 31.6 Å². The first-order valence-corrected chi connectivity index (χ1v) is 5.79. The number of hydrogen-bond donors (Lipinski definition) is 0. The maximum Gasteiger partial charge on any atom is 0.0270 e. The molecule has 13 heavy (non-hydrogen) atoms. The molecular formula is C8H16N4S. The fourth-order valence-electron chi connectivity index (χ4n) is 1.49. The van der Waals surface area contributed by atoms with E-state index in [0.29, 0.717) is 6.54 Å². The van der Waals surface area contributed by atoms with Crippen LogP contribution in [0.2, 0.25) is 0 Å². The molecule has 0 spiro atoms. The Morgan fingerprint density at radius 1 is 1.69 bits per heavy atom. The van der Waals surface area contributed by atoms with Crippen LogP contribution in [0.5, 0.6) is 0 Å². The molecule has 1 fully saturated rings. The smallest absolute Gasteiger partial charge is 0.0270 e. The van der Waals surface area contributed by atoms with E-state index in [1.54, 1.807) is 0 Å². The summed E-state index contributed by atoms with van der Waals surface area (Å²) in [5.41, 5.74) is 8.08. The van der Waals surface area contributed by atoms with Crippen molar-refractivity contribution in [3.8, 4) is 0 Å². The molecule has 0 saturated carbocycles. The molecule has 1 aliphatic heterocycles. The summed E-state index contributed by atoms with van der Waals surface area (Å²) in [7, 11) is 2.16. The Morgan fingerprint density at radius 3 is 3.15 bits per heavy atom. The Bertz CT molecular complexity index is 185. The molecule has 1 rings (SSSR count). The minimum Gasteiger partial charge on any atom is -0.303 e. The SMILES string of the molecule is CN(CCCN=[N+]=[N-])C1CCSC1. The molecule has 5 heteroatoms. The van der Waals surface area contributed by atoms with Gasteiger partial charge in [-0.1, -0.05) is 5.11 Å². The number of nitrogens with zero attached hydrogens (tertiary/aromatic N) is 4. The van der Waals surface area contributed by atoms with E-state index in [-0.39, 0.29) is 0 Å². The van der Waals surface area contributed by atoms with E-state index in [2.05, 4.69) is 22.0 Å². The summed E-state index contributed by atoms with van der Waals surface area (Å²) in [4.78, 5) is 5.11. The van der Waals surface area contributed by atoms with Gasteiger partial charge in [-0.2, -0.15) is 11.8 Å². The molecule has 1 atom stereocenters. The van der Waals surface area contributed by atoms with Crippen molar-refractivity contribution in [2.45, 2.75) is 18.9 Å². The van der Waals surface area contributed by atoms with Gasteiger partial charge >= 0.3 is 0 Å². The summed E-state index contributed by atoms with van der Waals surface area (Å²) in [5.74, 6) is 2.56. The lowest BCUT2D eigenvalue weighted by atomic mass is 10.2. The monoisotopic (exact) mass is 200 g/mol. The first kappa shape index (κ1) is 10.7. The van der Waals surface area contributed by atoms with Crippen LogP contribution in [-0.4, -0.2) is 42.6 Å².